The van der Waals surface area contributed by atoms with Crippen LogP contribution in [-0.4, -0.2) is 24.0 Å². The average molecular weight is 142 g/mol. The lowest BCUT2D eigenvalue weighted by Gasteiger charge is -2.35. The van der Waals surface area contributed by atoms with Gasteiger partial charge in [-0.05, 0) is 6.92 Å². The molecule has 0 saturated carbocycles. The summed E-state index contributed by atoms with van der Waals surface area (Å²) in [6.45, 7) is 6.08. The highest BCUT2D eigenvalue weighted by atomic mass is 16.2. The molecule has 0 spiro atoms. The fourth-order valence-electron chi connectivity index (χ4n) is 1.11. The Labute approximate surface area is 61.2 Å². The van der Waals surface area contributed by atoms with Crippen molar-refractivity contribution in [3.05, 3.63) is 0 Å². The molecule has 1 rings (SSSR count). The Morgan fingerprint density at radius 1 is 1.60 bits per heavy atom. The van der Waals surface area contributed by atoms with Crippen LogP contribution in [0.4, 0.5) is 0 Å². The molecule has 10 heavy (non-hydrogen) atoms. The van der Waals surface area contributed by atoms with Crippen molar-refractivity contribution in [3.8, 4) is 0 Å². The number of carbonyl (C=O) groups is 1. The Morgan fingerprint density at radius 3 is 2.40 bits per heavy atom. The minimum Gasteiger partial charge on any atom is -0.350 e. The average Bonchev–Trinajstić information content (AvgIpc) is 1.84. The first-order valence-corrected chi connectivity index (χ1v) is 3.67. The summed E-state index contributed by atoms with van der Waals surface area (Å²) in [4.78, 5) is 10.8. The Kier molecular flexibility index (Phi) is 1.94. The second-order valence-electron chi connectivity index (χ2n) is 3.10. The van der Waals surface area contributed by atoms with Crippen LogP contribution in [0.5, 0.6) is 0 Å². The highest BCUT2D eigenvalue weighted by Crippen LogP contribution is 2.05. The minimum absolute atomic E-state index is 0.0417. The van der Waals surface area contributed by atoms with Crippen LogP contribution in [0.1, 0.15) is 20.8 Å². The van der Waals surface area contributed by atoms with E-state index in [0.29, 0.717) is 12.1 Å². The van der Waals surface area contributed by atoms with Gasteiger partial charge in [0.2, 0.25) is 5.91 Å². The molecular weight excluding hydrogens is 128 g/mol. The number of carbonyl (C=O) groups excluding carboxylic acids is 1. The van der Waals surface area contributed by atoms with Gasteiger partial charge in [-0.2, -0.15) is 0 Å². The summed E-state index contributed by atoms with van der Waals surface area (Å²) in [5.74, 6) is 0.126. The standard InChI is InChI=1S/C7H14N2O/c1-4(2)8-6-5(3)9-7(6)10/h4-6,8H,1-3H3,(H,9,10)/t5-,6+/m1/s1. The van der Waals surface area contributed by atoms with E-state index in [1.807, 2.05) is 20.8 Å². The predicted octanol–water partition coefficient (Wildman–Crippen LogP) is -0.129. The Balaban J connectivity index is 2.33. The van der Waals surface area contributed by atoms with E-state index < -0.39 is 0 Å². The summed E-state index contributed by atoms with van der Waals surface area (Å²) in [6, 6.07) is 0.730. The lowest BCUT2D eigenvalue weighted by molar-refractivity contribution is -0.131. The van der Waals surface area contributed by atoms with Crippen LogP contribution < -0.4 is 10.6 Å². The third-order valence-electron chi connectivity index (χ3n) is 1.67. The highest BCUT2D eigenvalue weighted by Gasteiger charge is 2.35. The summed E-state index contributed by atoms with van der Waals surface area (Å²) >= 11 is 0. The van der Waals surface area contributed by atoms with E-state index in [0.717, 1.165) is 0 Å². The van der Waals surface area contributed by atoms with Gasteiger partial charge in [0.05, 0.1) is 6.04 Å². The lowest BCUT2D eigenvalue weighted by atomic mass is 10.0. The summed E-state index contributed by atoms with van der Waals surface area (Å²) in [7, 11) is 0. The van der Waals surface area contributed by atoms with Crippen molar-refractivity contribution < 1.29 is 4.79 Å². The van der Waals surface area contributed by atoms with Crippen LogP contribution in [0.3, 0.4) is 0 Å². The smallest absolute Gasteiger partial charge is 0.239 e. The first-order valence-electron chi connectivity index (χ1n) is 3.67. The van der Waals surface area contributed by atoms with Crippen LogP contribution in [-0.2, 0) is 4.79 Å². The Morgan fingerprint density at radius 2 is 2.20 bits per heavy atom. The van der Waals surface area contributed by atoms with Crippen molar-refractivity contribution in [3.63, 3.8) is 0 Å². The molecule has 0 aromatic heterocycles. The molecular formula is C7H14N2O. The van der Waals surface area contributed by atoms with E-state index in [1.54, 1.807) is 0 Å². The molecule has 2 N–H and O–H groups in total. The van der Waals surface area contributed by atoms with Crippen molar-refractivity contribution >= 4 is 5.91 Å². The number of β-lactam (4-membered cyclic amide) rings is 1. The second-order valence-corrected chi connectivity index (χ2v) is 3.10. The fraction of sp³-hybridized carbons (Fsp3) is 0.857. The van der Waals surface area contributed by atoms with E-state index in [4.69, 9.17) is 0 Å². The molecule has 0 radical (unpaired) electrons. The molecule has 0 unspecified atom stereocenters. The summed E-state index contributed by atoms with van der Waals surface area (Å²) in [5, 5.41) is 5.93. The van der Waals surface area contributed by atoms with E-state index in [9.17, 15) is 4.79 Å². The molecule has 1 aliphatic heterocycles. The van der Waals surface area contributed by atoms with Crippen molar-refractivity contribution in [2.75, 3.05) is 0 Å². The first-order chi connectivity index (χ1) is 4.61. The number of nitrogens with one attached hydrogen (secondary N) is 2. The van der Waals surface area contributed by atoms with Crippen molar-refractivity contribution in [2.24, 2.45) is 0 Å². The zero-order valence-corrected chi connectivity index (χ0v) is 6.64. The van der Waals surface area contributed by atoms with Gasteiger partial charge in [-0.25, -0.2) is 0 Å². The van der Waals surface area contributed by atoms with E-state index in [-0.39, 0.29) is 11.9 Å². The molecule has 0 aliphatic carbocycles. The van der Waals surface area contributed by atoms with Crippen LogP contribution in [0, 0.1) is 0 Å². The molecule has 3 nitrogen and oxygen atoms in total. The topological polar surface area (TPSA) is 41.1 Å². The first kappa shape index (κ1) is 7.54. The maximum atomic E-state index is 10.8. The number of rotatable bonds is 2. The molecule has 1 amide bonds. The lowest BCUT2D eigenvalue weighted by Crippen LogP contribution is -2.67. The molecule has 1 saturated heterocycles. The maximum absolute atomic E-state index is 10.8. The van der Waals surface area contributed by atoms with Crippen molar-refractivity contribution in [1.82, 2.24) is 10.6 Å². The van der Waals surface area contributed by atoms with Gasteiger partial charge in [0.15, 0.2) is 0 Å². The van der Waals surface area contributed by atoms with Gasteiger partial charge in [-0.15, -0.1) is 0 Å². The molecule has 3 heteroatoms. The van der Waals surface area contributed by atoms with E-state index >= 15 is 0 Å². The van der Waals surface area contributed by atoms with Gasteiger partial charge in [0, 0.05) is 6.04 Å². The van der Waals surface area contributed by atoms with Gasteiger partial charge in [-0.1, -0.05) is 13.8 Å². The molecule has 1 aliphatic rings. The minimum atomic E-state index is 0.0417. The van der Waals surface area contributed by atoms with Gasteiger partial charge in [0.25, 0.3) is 0 Å². The van der Waals surface area contributed by atoms with Crippen LogP contribution in [0.2, 0.25) is 0 Å². The monoisotopic (exact) mass is 142 g/mol. The molecule has 0 bridgehead atoms. The SMILES string of the molecule is CC(C)N[C@@H]1C(=O)N[C@@H]1C. The van der Waals surface area contributed by atoms with Crippen molar-refractivity contribution in [1.29, 1.82) is 0 Å². The van der Waals surface area contributed by atoms with Crippen LogP contribution in [0.15, 0.2) is 0 Å². The van der Waals surface area contributed by atoms with Gasteiger partial charge in [-0.3, -0.25) is 4.79 Å². The number of hydrogen-bond donors (Lipinski definition) is 2. The van der Waals surface area contributed by atoms with E-state index in [1.165, 1.54) is 0 Å². The highest BCUT2D eigenvalue weighted by molar-refractivity contribution is 5.89. The third kappa shape index (κ3) is 1.29. The maximum Gasteiger partial charge on any atom is 0.239 e. The van der Waals surface area contributed by atoms with Crippen LogP contribution in [0.25, 0.3) is 0 Å². The molecule has 2 atom stereocenters. The summed E-state index contributed by atoms with van der Waals surface area (Å²) in [6.07, 6.45) is 0. The largest absolute Gasteiger partial charge is 0.350 e. The molecule has 58 valence electrons. The summed E-state index contributed by atoms with van der Waals surface area (Å²) in [5.41, 5.74) is 0. The predicted molar refractivity (Wildman–Crippen MR) is 39.7 cm³/mol. The van der Waals surface area contributed by atoms with E-state index in [2.05, 4.69) is 10.6 Å². The Hall–Kier alpha value is -0.570. The van der Waals surface area contributed by atoms with Gasteiger partial charge in [0.1, 0.15) is 6.04 Å². The summed E-state index contributed by atoms with van der Waals surface area (Å²) < 4.78 is 0. The fourth-order valence-corrected chi connectivity index (χ4v) is 1.11. The quantitative estimate of drug-likeness (QED) is 0.527. The zero-order chi connectivity index (χ0) is 7.72. The zero-order valence-electron chi connectivity index (χ0n) is 6.64. The van der Waals surface area contributed by atoms with Gasteiger partial charge >= 0.3 is 0 Å². The molecule has 1 fully saturated rings. The third-order valence-corrected chi connectivity index (χ3v) is 1.67. The van der Waals surface area contributed by atoms with Gasteiger partial charge < -0.3 is 10.6 Å². The molecule has 1 heterocycles. The normalized spacial score (nSPS) is 31.8. The molecule has 0 aromatic carbocycles. The Bertz CT molecular complexity index is 145. The number of amides is 1. The second kappa shape index (κ2) is 2.58. The molecule has 0 aromatic rings. The van der Waals surface area contributed by atoms with Crippen molar-refractivity contribution in [2.45, 2.75) is 38.9 Å². The van der Waals surface area contributed by atoms with Crippen LogP contribution >= 0.6 is 0 Å². The number of hydrogen-bond acceptors (Lipinski definition) is 2.